The van der Waals surface area contributed by atoms with Crippen molar-refractivity contribution in [3.05, 3.63) is 40.5 Å². The van der Waals surface area contributed by atoms with Gasteiger partial charge in [-0.2, -0.15) is 0 Å². The first-order valence-electron chi connectivity index (χ1n) is 5.48. The first-order chi connectivity index (χ1) is 7.56. The van der Waals surface area contributed by atoms with Gasteiger partial charge in [0.05, 0.1) is 12.2 Å². The number of hydrogen-bond donors (Lipinski definition) is 0. The Kier molecular flexibility index (Phi) is 4.29. The zero-order valence-corrected chi connectivity index (χ0v) is 10.3. The molecule has 2 nitrogen and oxygen atoms in total. The number of rotatable bonds is 3. The van der Waals surface area contributed by atoms with Crippen LogP contribution < -0.4 is 0 Å². The Morgan fingerprint density at radius 1 is 1.38 bits per heavy atom. The quantitative estimate of drug-likeness (QED) is 0.725. The van der Waals surface area contributed by atoms with Crippen LogP contribution in [0, 0.1) is 6.92 Å². The van der Waals surface area contributed by atoms with Crippen molar-refractivity contribution in [2.24, 2.45) is 0 Å². The predicted octanol–water partition coefficient (Wildman–Crippen LogP) is 3.59. The van der Waals surface area contributed by atoms with Crippen molar-refractivity contribution in [2.75, 3.05) is 6.61 Å². The number of ether oxygens (including phenoxy) is 1. The maximum atomic E-state index is 11.7. The summed E-state index contributed by atoms with van der Waals surface area (Å²) in [7, 11) is 0. The summed E-state index contributed by atoms with van der Waals surface area (Å²) in [5.41, 5.74) is 3.86. The van der Waals surface area contributed by atoms with Crippen LogP contribution in [0.1, 0.15) is 42.3 Å². The zero-order valence-electron chi connectivity index (χ0n) is 10.3. The molecule has 2 heteroatoms. The fraction of sp³-hybridized carbons (Fsp3) is 0.357. The van der Waals surface area contributed by atoms with Gasteiger partial charge in [0, 0.05) is 0 Å². The molecule has 1 rings (SSSR count). The topological polar surface area (TPSA) is 26.3 Å². The summed E-state index contributed by atoms with van der Waals surface area (Å²) in [4.78, 5) is 11.7. The maximum absolute atomic E-state index is 11.7. The van der Waals surface area contributed by atoms with Gasteiger partial charge < -0.3 is 4.74 Å². The lowest BCUT2D eigenvalue weighted by Crippen LogP contribution is -2.07. The summed E-state index contributed by atoms with van der Waals surface area (Å²) in [5, 5.41) is 0. The molecular weight excluding hydrogens is 200 g/mol. The third-order valence-electron chi connectivity index (χ3n) is 2.25. The molecule has 0 saturated carbocycles. The van der Waals surface area contributed by atoms with Crippen LogP contribution in [-0.2, 0) is 4.74 Å². The Hall–Kier alpha value is -1.57. The van der Waals surface area contributed by atoms with Crippen LogP contribution in [0.3, 0.4) is 0 Å². The molecule has 0 atom stereocenters. The van der Waals surface area contributed by atoms with E-state index >= 15 is 0 Å². The van der Waals surface area contributed by atoms with Crippen LogP contribution in [0.2, 0.25) is 0 Å². The Morgan fingerprint density at radius 2 is 2.06 bits per heavy atom. The van der Waals surface area contributed by atoms with Crippen molar-refractivity contribution in [3.63, 3.8) is 0 Å². The molecule has 0 N–H and O–H groups in total. The van der Waals surface area contributed by atoms with Crippen LogP contribution in [0.5, 0.6) is 0 Å². The molecule has 0 aliphatic carbocycles. The minimum atomic E-state index is -0.251. The third kappa shape index (κ3) is 2.96. The van der Waals surface area contributed by atoms with E-state index in [1.807, 2.05) is 45.9 Å². The Labute approximate surface area is 96.9 Å². The maximum Gasteiger partial charge on any atom is 0.338 e. The van der Waals surface area contributed by atoms with Crippen LogP contribution in [0.4, 0.5) is 0 Å². The van der Waals surface area contributed by atoms with Crippen molar-refractivity contribution in [3.8, 4) is 0 Å². The van der Waals surface area contributed by atoms with Gasteiger partial charge in [-0.3, -0.25) is 0 Å². The molecule has 0 aliphatic heterocycles. The van der Waals surface area contributed by atoms with Gasteiger partial charge in [-0.05, 0) is 44.9 Å². The third-order valence-corrected chi connectivity index (χ3v) is 2.25. The molecule has 0 spiro atoms. The molecule has 1 aromatic rings. The fourth-order valence-corrected chi connectivity index (χ4v) is 1.55. The van der Waals surface area contributed by atoms with E-state index in [0.29, 0.717) is 12.2 Å². The van der Waals surface area contributed by atoms with Crippen molar-refractivity contribution in [1.82, 2.24) is 0 Å². The van der Waals surface area contributed by atoms with E-state index in [2.05, 4.69) is 0 Å². The summed E-state index contributed by atoms with van der Waals surface area (Å²) in [6.45, 7) is 8.25. The Bertz CT molecular complexity index is 413. The zero-order chi connectivity index (χ0) is 12.1. The van der Waals surface area contributed by atoms with Crippen LogP contribution >= 0.6 is 0 Å². The average molecular weight is 218 g/mol. The van der Waals surface area contributed by atoms with Crippen molar-refractivity contribution in [2.45, 2.75) is 27.7 Å². The first-order valence-corrected chi connectivity index (χ1v) is 5.48. The Balaban J connectivity index is 3.23. The van der Waals surface area contributed by atoms with E-state index in [1.54, 1.807) is 6.07 Å². The molecule has 0 saturated heterocycles. The van der Waals surface area contributed by atoms with Crippen molar-refractivity contribution >= 4 is 12.0 Å². The van der Waals surface area contributed by atoms with Gasteiger partial charge in [0.25, 0.3) is 0 Å². The van der Waals surface area contributed by atoms with E-state index in [4.69, 9.17) is 4.74 Å². The molecule has 0 amide bonds. The fourth-order valence-electron chi connectivity index (χ4n) is 1.55. The second kappa shape index (κ2) is 5.50. The highest BCUT2D eigenvalue weighted by atomic mass is 16.5. The molecule has 86 valence electrons. The first kappa shape index (κ1) is 12.5. The molecule has 0 heterocycles. The van der Waals surface area contributed by atoms with Gasteiger partial charge >= 0.3 is 5.97 Å². The lowest BCUT2D eigenvalue weighted by molar-refractivity contribution is 0.0526. The van der Waals surface area contributed by atoms with Gasteiger partial charge in [0.2, 0.25) is 0 Å². The monoisotopic (exact) mass is 218 g/mol. The lowest BCUT2D eigenvalue weighted by Gasteiger charge is -2.08. The number of esters is 1. The number of benzene rings is 1. The molecule has 0 radical (unpaired) electrons. The predicted molar refractivity (Wildman–Crippen MR) is 66.5 cm³/mol. The van der Waals surface area contributed by atoms with E-state index in [1.165, 1.54) is 5.57 Å². The van der Waals surface area contributed by atoms with Gasteiger partial charge in [0.1, 0.15) is 0 Å². The van der Waals surface area contributed by atoms with Crippen molar-refractivity contribution < 1.29 is 9.53 Å². The molecular formula is C14H18O2. The highest BCUT2D eigenvalue weighted by Gasteiger charge is 2.12. The van der Waals surface area contributed by atoms with Crippen LogP contribution in [0.25, 0.3) is 6.08 Å². The van der Waals surface area contributed by atoms with E-state index in [0.717, 1.165) is 11.1 Å². The number of aryl methyl sites for hydroxylation is 1. The van der Waals surface area contributed by atoms with Crippen LogP contribution in [-0.4, -0.2) is 12.6 Å². The lowest BCUT2D eigenvalue weighted by atomic mass is 10.00. The summed E-state index contributed by atoms with van der Waals surface area (Å²) in [6, 6.07) is 5.68. The van der Waals surface area contributed by atoms with Gasteiger partial charge in [-0.15, -0.1) is 0 Å². The minimum absolute atomic E-state index is 0.251. The molecule has 0 unspecified atom stereocenters. The summed E-state index contributed by atoms with van der Waals surface area (Å²) >= 11 is 0. The number of allylic oxidation sites excluding steroid dienone is 1. The van der Waals surface area contributed by atoms with E-state index < -0.39 is 0 Å². The number of hydrogen-bond acceptors (Lipinski definition) is 2. The van der Waals surface area contributed by atoms with Crippen LogP contribution in [0.15, 0.2) is 23.8 Å². The largest absolute Gasteiger partial charge is 0.462 e. The molecule has 0 fully saturated rings. The standard InChI is InChI=1S/C14H18O2/c1-5-16-14(15)12-8-6-7-11(4)13(12)9-10(2)3/h6-9H,5H2,1-4H3. The molecule has 1 aromatic carbocycles. The van der Waals surface area contributed by atoms with Gasteiger partial charge in [0.15, 0.2) is 0 Å². The summed E-state index contributed by atoms with van der Waals surface area (Å²) in [5.74, 6) is -0.251. The second-order valence-electron chi connectivity index (χ2n) is 3.98. The normalized spacial score (nSPS) is 9.75. The molecule has 16 heavy (non-hydrogen) atoms. The molecule has 0 aromatic heterocycles. The molecule has 0 aliphatic rings. The smallest absolute Gasteiger partial charge is 0.338 e. The number of carbonyl (C=O) groups is 1. The highest BCUT2D eigenvalue weighted by molar-refractivity contribution is 5.94. The van der Waals surface area contributed by atoms with E-state index in [9.17, 15) is 4.79 Å². The molecule has 0 bridgehead atoms. The minimum Gasteiger partial charge on any atom is -0.462 e. The highest BCUT2D eigenvalue weighted by Crippen LogP contribution is 2.18. The summed E-state index contributed by atoms with van der Waals surface area (Å²) in [6.07, 6.45) is 2.02. The average Bonchev–Trinajstić information content (AvgIpc) is 2.20. The number of carbonyl (C=O) groups excluding carboxylic acids is 1. The van der Waals surface area contributed by atoms with Crippen molar-refractivity contribution in [1.29, 1.82) is 0 Å². The van der Waals surface area contributed by atoms with Gasteiger partial charge in [-0.1, -0.05) is 23.8 Å². The van der Waals surface area contributed by atoms with E-state index in [-0.39, 0.29) is 5.97 Å². The SMILES string of the molecule is CCOC(=O)c1cccc(C)c1C=C(C)C. The second-order valence-corrected chi connectivity index (χ2v) is 3.98. The van der Waals surface area contributed by atoms with Gasteiger partial charge in [-0.25, -0.2) is 4.79 Å². The Morgan fingerprint density at radius 3 is 2.62 bits per heavy atom. The summed E-state index contributed by atoms with van der Waals surface area (Å²) < 4.78 is 5.04.